The number of halogens is 1. The van der Waals surface area contributed by atoms with Crippen LogP contribution in [0.3, 0.4) is 0 Å². The molecule has 0 spiro atoms. The molecule has 0 aliphatic carbocycles. The third-order valence-electron chi connectivity index (χ3n) is 3.37. The van der Waals surface area contributed by atoms with E-state index in [2.05, 4.69) is 17.2 Å². The molecule has 0 aliphatic heterocycles. The van der Waals surface area contributed by atoms with E-state index in [9.17, 15) is 4.79 Å². The van der Waals surface area contributed by atoms with Gasteiger partial charge in [-0.25, -0.2) is 4.98 Å². The Labute approximate surface area is 140 Å². The molecular weight excluding hydrogens is 316 g/mol. The van der Waals surface area contributed by atoms with Crippen molar-refractivity contribution in [1.82, 2.24) is 4.98 Å². The Kier molecular flexibility index (Phi) is 5.75. The first kappa shape index (κ1) is 16.7. The van der Waals surface area contributed by atoms with Crippen LogP contribution >= 0.6 is 22.9 Å². The lowest BCUT2D eigenvalue weighted by Gasteiger charge is -2.15. The van der Waals surface area contributed by atoms with Gasteiger partial charge in [-0.15, -0.1) is 11.3 Å². The molecule has 1 aromatic carbocycles. The van der Waals surface area contributed by atoms with E-state index >= 15 is 0 Å². The fraction of sp³-hybridized carbons (Fsp3) is 0.294. The zero-order valence-electron chi connectivity index (χ0n) is 12.9. The summed E-state index contributed by atoms with van der Waals surface area (Å²) in [6.45, 7) is 6.03. The highest BCUT2D eigenvalue weighted by Gasteiger charge is 2.12. The highest BCUT2D eigenvalue weighted by molar-refractivity contribution is 7.09. The molecule has 116 valence electrons. The second kappa shape index (κ2) is 7.56. The maximum absolute atomic E-state index is 12.2. The van der Waals surface area contributed by atoms with Gasteiger partial charge in [0.15, 0.2) is 0 Å². The third kappa shape index (κ3) is 3.96. The van der Waals surface area contributed by atoms with Gasteiger partial charge in [0, 0.05) is 22.2 Å². The van der Waals surface area contributed by atoms with Crippen LogP contribution in [0.25, 0.3) is 6.08 Å². The van der Waals surface area contributed by atoms with Crippen molar-refractivity contribution < 1.29 is 4.79 Å². The van der Waals surface area contributed by atoms with Crippen LogP contribution in [0.2, 0.25) is 5.02 Å². The number of benzene rings is 1. The molecule has 1 heterocycles. The number of anilines is 1. The lowest BCUT2D eigenvalue weighted by Crippen LogP contribution is -2.12. The predicted molar refractivity (Wildman–Crippen MR) is 94.7 cm³/mol. The molecule has 2 rings (SSSR count). The molecule has 5 heteroatoms. The quantitative estimate of drug-likeness (QED) is 0.792. The topological polar surface area (TPSA) is 42.0 Å². The summed E-state index contributed by atoms with van der Waals surface area (Å²) < 4.78 is 0. The zero-order chi connectivity index (χ0) is 16.1. The van der Waals surface area contributed by atoms with Crippen molar-refractivity contribution in [1.29, 1.82) is 0 Å². The van der Waals surface area contributed by atoms with Crippen LogP contribution in [0.1, 0.15) is 35.7 Å². The van der Waals surface area contributed by atoms with Crippen LogP contribution in [-0.4, -0.2) is 10.9 Å². The number of hydrogen-bond donors (Lipinski definition) is 1. The van der Waals surface area contributed by atoms with E-state index in [0.717, 1.165) is 40.4 Å². The van der Waals surface area contributed by atoms with Crippen LogP contribution in [0.15, 0.2) is 23.6 Å². The summed E-state index contributed by atoms with van der Waals surface area (Å²) in [4.78, 5) is 16.5. The van der Waals surface area contributed by atoms with Gasteiger partial charge in [-0.05, 0) is 43.0 Å². The van der Waals surface area contributed by atoms with Crippen molar-refractivity contribution >= 4 is 40.6 Å². The van der Waals surface area contributed by atoms with E-state index < -0.39 is 0 Å². The van der Waals surface area contributed by atoms with Gasteiger partial charge in [0.2, 0.25) is 5.91 Å². The first-order valence-electron chi connectivity index (χ1n) is 7.26. The van der Waals surface area contributed by atoms with Crippen molar-refractivity contribution in [3.8, 4) is 0 Å². The molecule has 0 atom stereocenters. The third-order valence-corrected chi connectivity index (χ3v) is 4.51. The second-order valence-electron chi connectivity index (χ2n) is 4.88. The van der Waals surface area contributed by atoms with Crippen molar-refractivity contribution in [2.45, 2.75) is 33.6 Å². The number of rotatable bonds is 5. The molecule has 0 saturated heterocycles. The van der Waals surface area contributed by atoms with Crippen LogP contribution < -0.4 is 5.32 Å². The number of carbonyl (C=O) groups excluding carboxylic acids is 1. The van der Waals surface area contributed by atoms with Crippen LogP contribution in [-0.2, 0) is 17.6 Å². The van der Waals surface area contributed by atoms with Gasteiger partial charge in [0.25, 0.3) is 0 Å². The normalized spacial score (nSPS) is 11.1. The van der Waals surface area contributed by atoms with Gasteiger partial charge in [-0.2, -0.15) is 0 Å². The maximum Gasteiger partial charge on any atom is 0.248 e. The van der Waals surface area contributed by atoms with Crippen molar-refractivity contribution in [2.75, 3.05) is 5.32 Å². The highest BCUT2D eigenvalue weighted by atomic mass is 35.5. The van der Waals surface area contributed by atoms with Crippen molar-refractivity contribution in [2.24, 2.45) is 0 Å². The molecule has 22 heavy (non-hydrogen) atoms. The number of aromatic nitrogens is 1. The predicted octanol–water partition coefficient (Wildman–Crippen LogP) is 4.88. The number of thiazole rings is 1. The molecule has 1 N–H and O–H groups in total. The van der Waals surface area contributed by atoms with Crippen molar-refractivity contribution in [3.63, 3.8) is 0 Å². The molecular formula is C17H19ClN2OS. The summed E-state index contributed by atoms with van der Waals surface area (Å²) >= 11 is 7.80. The van der Waals surface area contributed by atoms with Gasteiger partial charge < -0.3 is 5.32 Å². The maximum atomic E-state index is 12.2. The average molecular weight is 335 g/mol. The molecule has 0 aliphatic rings. The Bertz CT molecular complexity index is 707. The SMILES string of the molecule is CCc1ccc(Cl)c(CC)c1NC(=O)/C=C/c1csc(C)n1. The van der Waals surface area contributed by atoms with Crippen LogP contribution in [0, 0.1) is 6.92 Å². The van der Waals surface area contributed by atoms with Gasteiger partial charge in [0.1, 0.15) is 0 Å². The van der Waals surface area contributed by atoms with E-state index in [4.69, 9.17) is 11.6 Å². The molecule has 3 nitrogen and oxygen atoms in total. The van der Waals surface area contributed by atoms with E-state index in [1.165, 1.54) is 6.08 Å². The summed E-state index contributed by atoms with van der Waals surface area (Å²) in [6.07, 6.45) is 4.85. The summed E-state index contributed by atoms with van der Waals surface area (Å²) in [7, 11) is 0. The number of nitrogens with one attached hydrogen (secondary N) is 1. The second-order valence-corrected chi connectivity index (χ2v) is 6.35. The fourth-order valence-electron chi connectivity index (χ4n) is 2.25. The van der Waals surface area contributed by atoms with E-state index in [1.807, 2.05) is 31.4 Å². The average Bonchev–Trinajstić information content (AvgIpc) is 2.91. The van der Waals surface area contributed by atoms with Gasteiger partial charge in [-0.3, -0.25) is 4.79 Å². The molecule has 2 aromatic rings. The summed E-state index contributed by atoms with van der Waals surface area (Å²) in [5.41, 5.74) is 3.71. The fourth-order valence-corrected chi connectivity index (χ4v) is 3.12. The van der Waals surface area contributed by atoms with E-state index in [1.54, 1.807) is 17.4 Å². The Morgan fingerprint density at radius 1 is 1.36 bits per heavy atom. The Balaban J connectivity index is 2.20. The number of aryl methyl sites for hydroxylation is 2. The van der Waals surface area contributed by atoms with E-state index in [-0.39, 0.29) is 5.91 Å². The summed E-state index contributed by atoms with van der Waals surface area (Å²) in [5.74, 6) is -0.169. The Hall–Kier alpha value is -1.65. The molecule has 0 unspecified atom stereocenters. The summed E-state index contributed by atoms with van der Waals surface area (Å²) in [5, 5.41) is 6.56. The first-order valence-corrected chi connectivity index (χ1v) is 8.52. The summed E-state index contributed by atoms with van der Waals surface area (Å²) in [6, 6.07) is 3.85. The van der Waals surface area contributed by atoms with Crippen LogP contribution in [0.4, 0.5) is 5.69 Å². The number of amides is 1. The number of hydrogen-bond acceptors (Lipinski definition) is 3. The number of carbonyl (C=O) groups is 1. The van der Waals surface area contributed by atoms with Gasteiger partial charge in [0.05, 0.1) is 10.7 Å². The largest absolute Gasteiger partial charge is 0.322 e. The van der Waals surface area contributed by atoms with Crippen molar-refractivity contribution in [3.05, 3.63) is 50.4 Å². The smallest absolute Gasteiger partial charge is 0.248 e. The minimum Gasteiger partial charge on any atom is -0.322 e. The van der Waals surface area contributed by atoms with Gasteiger partial charge >= 0.3 is 0 Å². The lowest BCUT2D eigenvalue weighted by atomic mass is 10.0. The molecule has 0 fully saturated rings. The Morgan fingerprint density at radius 3 is 2.73 bits per heavy atom. The standard InChI is InChI=1S/C17H19ClN2OS/c1-4-12-6-8-15(18)14(5-2)17(12)20-16(21)9-7-13-10-22-11(3)19-13/h6-10H,4-5H2,1-3H3,(H,20,21)/b9-7+. The molecule has 0 bridgehead atoms. The first-order chi connectivity index (χ1) is 10.5. The minimum absolute atomic E-state index is 0.169. The minimum atomic E-state index is -0.169. The Morgan fingerprint density at radius 2 is 2.14 bits per heavy atom. The molecule has 1 aromatic heterocycles. The molecule has 0 saturated carbocycles. The monoisotopic (exact) mass is 334 g/mol. The molecule has 1 amide bonds. The highest BCUT2D eigenvalue weighted by Crippen LogP contribution is 2.29. The zero-order valence-corrected chi connectivity index (χ0v) is 14.5. The lowest BCUT2D eigenvalue weighted by molar-refractivity contribution is -0.111. The van der Waals surface area contributed by atoms with Gasteiger partial charge in [-0.1, -0.05) is 31.5 Å². The van der Waals surface area contributed by atoms with E-state index in [0.29, 0.717) is 5.02 Å². The number of nitrogens with zero attached hydrogens (tertiary/aromatic N) is 1. The molecule has 0 radical (unpaired) electrons. The van der Waals surface area contributed by atoms with Crippen LogP contribution in [0.5, 0.6) is 0 Å².